The lowest BCUT2D eigenvalue weighted by atomic mass is 9.89. The van der Waals surface area contributed by atoms with Gasteiger partial charge >= 0.3 is 0 Å². The second kappa shape index (κ2) is 6.19. The lowest BCUT2D eigenvalue weighted by Gasteiger charge is -2.34. The van der Waals surface area contributed by atoms with Crippen LogP contribution in [0.5, 0.6) is 0 Å². The number of rotatable bonds is 5. The van der Waals surface area contributed by atoms with Crippen molar-refractivity contribution in [3.8, 4) is 0 Å². The Balaban J connectivity index is 2.19. The van der Waals surface area contributed by atoms with E-state index in [1.54, 1.807) is 6.20 Å². The summed E-state index contributed by atoms with van der Waals surface area (Å²) in [6, 6.07) is 4.33. The van der Waals surface area contributed by atoms with E-state index in [2.05, 4.69) is 29.8 Å². The maximum absolute atomic E-state index is 10.3. The first kappa shape index (κ1) is 13.3. The summed E-state index contributed by atoms with van der Waals surface area (Å²) in [5.41, 5.74) is 1.15. The Bertz CT molecular complexity index is 355. The standard InChI is InChI=1S/C15H24N2O/c1-3-6-12(4-2)15-14(18)8-10-17(15)13-7-5-9-16-11-13/h5,7,9,11-12,14-15,18H,3-4,6,8,10H2,1-2H3. The lowest BCUT2D eigenvalue weighted by molar-refractivity contribution is 0.133. The van der Waals surface area contributed by atoms with Gasteiger partial charge in [-0.05, 0) is 30.9 Å². The summed E-state index contributed by atoms with van der Waals surface area (Å²) in [7, 11) is 0. The summed E-state index contributed by atoms with van der Waals surface area (Å²) in [4.78, 5) is 6.55. The molecule has 0 saturated carbocycles. The van der Waals surface area contributed by atoms with Crippen LogP contribution in [-0.4, -0.2) is 28.8 Å². The van der Waals surface area contributed by atoms with Gasteiger partial charge < -0.3 is 10.0 Å². The first-order valence-corrected chi connectivity index (χ1v) is 7.12. The van der Waals surface area contributed by atoms with E-state index >= 15 is 0 Å². The van der Waals surface area contributed by atoms with Crippen molar-refractivity contribution in [2.45, 2.75) is 51.7 Å². The van der Waals surface area contributed by atoms with Gasteiger partial charge in [-0.3, -0.25) is 4.98 Å². The minimum Gasteiger partial charge on any atom is -0.391 e. The van der Waals surface area contributed by atoms with Crippen LogP contribution in [-0.2, 0) is 0 Å². The van der Waals surface area contributed by atoms with Crippen LogP contribution in [0.1, 0.15) is 39.5 Å². The summed E-state index contributed by atoms with van der Waals surface area (Å²) in [5.74, 6) is 0.577. The van der Waals surface area contributed by atoms with Gasteiger partial charge in [0.15, 0.2) is 0 Å². The fourth-order valence-electron chi connectivity index (χ4n) is 3.18. The molecule has 3 heteroatoms. The van der Waals surface area contributed by atoms with Gasteiger partial charge in [0.1, 0.15) is 0 Å². The predicted octanol–water partition coefficient (Wildman–Crippen LogP) is 2.85. The van der Waals surface area contributed by atoms with E-state index in [0.29, 0.717) is 5.92 Å². The fourth-order valence-corrected chi connectivity index (χ4v) is 3.18. The first-order chi connectivity index (χ1) is 8.77. The summed E-state index contributed by atoms with van der Waals surface area (Å²) in [6.45, 7) is 5.39. The minimum atomic E-state index is -0.193. The van der Waals surface area contributed by atoms with Crippen molar-refractivity contribution in [3.63, 3.8) is 0 Å². The Morgan fingerprint density at radius 2 is 2.33 bits per heavy atom. The molecule has 1 aliphatic heterocycles. The number of aliphatic hydroxyl groups excluding tert-OH is 1. The molecular formula is C15H24N2O. The van der Waals surface area contributed by atoms with Crippen molar-refractivity contribution in [2.24, 2.45) is 5.92 Å². The molecule has 0 amide bonds. The molecule has 1 N–H and O–H groups in total. The van der Waals surface area contributed by atoms with E-state index < -0.39 is 0 Å². The van der Waals surface area contributed by atoms with Gasteiger partial charge in [0.2, 0.25) is 0 Å². The fraction of sp³-hybridized carbons (Fsp3) is 0.667. The molecule has 2 rings (SSSR count). The Morgan fingerprint density at radius 3 is 2.94 bits per heavy atom. The molecule has 1 saturated heterocycles. The summed E-state index contributed by atoms with van der Waals surface area (Å²) in [5, 5.41) is 10.3. The largest absolute Gasteiger partial charge is 0.391 e. The van der Waals surface area contributed by atoms with Gasteiger partial charge in [-0.15, -0.1) is 0 Å². The van der Waals surface area contributed by atoms with Crippen molar-refractivity contribution in [3.05, 3.63) is 24.5 Å². The number of anilines is 1. The third-order valence-corrected chi connectivity index (χ3v) is 4.06. The summed E-state index contributed by atoms with van der Waals surface area (Å²) >= 11 is 0. The number of aliphatic hydroxyl groups is 1. The average molecular weight is 248 g/mol. The van der Waals surface area contributed by atoms with Crippen LogP contribution in [0, 0.1) is 5.92 Å². The third-order valence-electron chi connectivity index (χ3n) is 4.06. The Hall–Kier alpha value is -1.09. The van der Waals surface area contributed by atoms with E-state index in [0.717, 1.165) is 25.1 Å². The second-order valence-corrected chi connectivity index (χ2v) is 5.21. The summed E-state index contributed by atoms with van der Waals surface area (Å²) < 4.78 is 0. The molecule has 3 nitrogen and oxygen atoms in total. The van der Waals surface area contributed by atoms with Crippen LogP contribution in [0.15, 0.2) is 24.5 Å². The van der Waals surface area contributed by atoms with Gasteiger partial charge in [0.25, 0.3) is 0 Å². The molecule has 3 atom stereocenters. The number of pyridine rings is 1. The molecule has 1 aliphatic rings. The van der Waals surface area contributed by atoms with Crippen molar-refractivity contribution in [1.29, 1.82) is 0 Å². The number of aromatic nitrogens is 1. The molecule has 0 radical (unpaired) electrons. The van der Waals surface area contributed by atoms with Gasteiger partial charge in [-0.2, -0.15) is 0 Å². The molecule has 2 heterocycles. The molecule has 18 heavy (non-hydrogen) atoms. The van der Waals surface area contributed by atoms with E-state index in [9.17, 15) is 5.11 Å². The Labute approximate surface area is 110 Å². The molecule has 1 fully saturated rings. The highest BCUT2D eigenvalue weighted by molar-refractivity contribution is 5.46. The van der Waals surface area contributed by atoms with Gasteiger partial charge in [-0.1, -0.05) is 26.7 Å². The molecule has 3 unspecified atom stereocenters. The normalized spacial score (nSPS) is 25.4. The van der Waals surface area contributed by atoms with Gasteiger partial charge in [-0.25, -0.2) is 0 Å². The number of hydrogen-bond acceptors (Lipinski definition) is 3. The van der Waals surface area contributed by atoms with E-state index in [1.807, 2.05) is 12.3 Å². The molecule has 0 aliphatic carbocycles. The van der Waals surface area contributed by atoms with Crippen LogP contribution in [0.4, 0.5) is 5.69 Å². The molecule has 0 spiro atoms. The van der Waals surface area contributed by atoms with Gasteiger partial charge in [0, 0.05) is 12.7 Å². The topological polar surface area (TPSA) is 36.4 Å². The second-order valence-electron chi connectivity index (χ2n) is 5.21. The minimum absolute atomic E-state index is 0.193. The zero-order valence-corrected chi connectivity index (χ0v) is 11.4. The van der Waals surface area contributed by atoms with Crippen LogP contribution >= 0.6 is 0 Å². The monoisotopic (exact) mass is 248 g/mol. The summed E-state index contributed by atoms with van der Waals surface area (Å²) in [6.07, 6.45) is 7.89. The SMILES string of the molecule is CCCC(CC)C1C(O)CCN1c1cccnc1. The van der Waals surface area contributed by atoms with Gasteiger partial charge in [0.05, 0.1) is 24.0 Å². The van der Waals surface area contributed by atoms with Crippen LogP contribution in [0.2, 0.25) is 0 Å². The highest BCUT2D eigenvalue weighted by Gasteiger charge is 2.37. The third kappa shape index (κ3) is 2.66. The van der Waals surface area contributed by atoms with Crippen LogP contribution < -0.4 is 4.90 Å². The maximum atomic E-state index is 10.3. The lowest BCUT2D eigenvalue weighted by Crippen LogP contribution is -2.41. The average Bonchev–Trinajstić information content (AvgIpc) is 2.79. The van der Waals surface area contributed by atoms with E-state index in [1.165, 1.54) is 12.8 Å². The van der Waals surface area contributed by atoms with Crippen molar-refractivity contribution in [2.75, 3.05) is 11.4 Å². The maximum Gasteiger partial charge on any atom is 0.0762 e. The van der Waals surface area contributed by atoms with E-state index in [-0.39, 0.29) is 12.1 Å². The Morgan fingerprint density at radius 1 is 1.50 bits per heavy atom. The zero-order valence-electron chi connectivity index (χ0n) is 11.4. The number of hydrogen-bond donors (Lipinski definition) is 1. The highest BCUT2D eigenvalue weighted by atomic mass is 16.3. The van der Waals surface area contributed by atoms with Crippen molar-refractivity contribution < 1.29 is 5.11 Å². The molecule has 0 aromatic carbocycles. The molecule has 100 valence electrons. The van der Waals surface area contributed by atoms with E-state index in [4.69, 9.17) is 0 Å². The molecule has 0 bridgehead atoms. The number of nitrogens with zero attached hydrogens (tertiary/aromatic N) is 2. The molecular weight excluding hydrogens is 224 g/mol. The Kier molecular flexibility index (Phi) is 4.59. The highest BCUT2D eigenvalue weighted by Crippen LogP contribution is 2.33. The zero-order chi connectivity index (χ0) is 13.0. The van der Waals surface area contributed by atoms with Crippen LogP contribution in [0.25, 0.3) is 0 Å². The molecule has 1 aromatic rings. The van der Waals surface area contributed by atoms with Crippen molar-refractivity contribution in [1.82, 2.24) is 4.98 Å². The quantitative estimate of drug-likeness (QED) is 0.870. The predicted molar refractivity (Wildman–Crippen MR) is 74.7 cm³/mol. The molecule has 1 aromatic heterocycles. The van der Waals surface area contributed by atoms with Crippen molar-refractivity contribution >= 4 is 5.69 Å². The van der Waals surface area contributed by atoms with Crippen LogP contribution in [0.3, 0.4) is 0 Å². The first-order valence-electron chi connectivity index (χ1n) is 7.12. The smallest absolute Gasteiger partial charge is 0.0762 e.